The van der Waals surface area contributed by atoms with E-state index in [1.165, 1.54) is 43.2 Å². The highest BCUT2D eigenvalue weighted by atomic mass is 16.2. The lowest BCUT2D eigenvalue weighted by atomic mass is 9.87. The van der Waals surface area contributed by atoms with Crippen molar-refractivity contribution in [2.75, 3.05) is 13.1 Å². The summed E-state index contributed by atoms with van der Waals surface area (Å²) in [5, 5.41) is 0. The molecule has 0 spiro atoms. The van der Waals surface area contributed by atoms with Crippen LogP contribution in [0.15, 0.2) is 24.3 Å². The molecule has 1 heterocycles. The highest BCUT2D eigenvalue weighted by Gasteiger charge is 2.28. The van der Waals surface area contributed by atoms with Gasteiger partial charge in [0.1, 0.15) is 0 Å². The quantitative estimate of drug-likeness (QED) is 0.789. The van der Waals surface area contributed by atoms with E-state index in [4.69, 9.17) is 0 Å². The second-order valence-corrected chi connectivity index (χ2v) is 7.46. The minimum Gasteiger partial charge on any atom is -0.342 e. The van der Waals surface area contributed by atoms with E-state index in [9.17, 15) is 4.79 Å². The molecule has 120 valence electrons. The molecule has 1 saturated heterocycles. The molecule has 0 bridgehead atoms. The van der Waals surface area contributed by atoms with E-state index in [0.717, 1.165) is 25.4 Å². The molecule has 0 aromatic heterocycles. The Bertz CT molecular complexity index is 495. The summed E-state index contributed by atoms with van der Waals surface area (Å²) in [7, 11) is 0. The number of benzene rings is 1. The lowest BCUT2D eigenvalue weighted by Crippen LogP contribution is -2.42. The fourth-order valence-corrected chi connectivity index (χ4v) is 3.55. The van der Waals surface area contributed by atoms with Crippen LogP contribution in [0.4, 0.5) is 0 Å². The molecule has 1 saturated carbocycles. The van der Waals surface area contributed by atoms with Crippen molar-refractivity contribution in [3.05, 3.63) is 35.4 Å². The van der Waals surface area contributed by atoms with Crippen LogP contribution in [0, 0.1) is 11.8 Å². The maximum Gasteiger partial charge on any atom is 0.226 e. The lowest BCUT2D eigenvalue weighted by molar-refractivity contribution is -0.137. The van der Waals surface area contributed by atoms with Crippen molar-refractivity contribution < 1.29 is 4.79 Å². The van der Waals surface area contributed by atoms with Gasteiger partial charge in [-0.05, 0) is 61.5 Å². The van der Waals surface area contributed by atoms with Crippen molar-refractivity contribution in [2.24, 2.45) is 11.8 Å². The van der Waals surface area contributed by atoms with E-state index in [0.29, 0.717) is 11.8 Å². The van der Waals surface area contributed by atoms with Crippen LogP contribution in [0.5, 0.6) is 0 Å². The van der Waals surface area contributed by atoms with Crippen LogP contribution < -0.4 is 0 Å². The van der Waals surface area contributed by atoms with E-state index in [2.05, 4.69) is 43.0 Å². The number of carbonyl (C=O) groups excluding carboxylic acids is 1. The Kier molecular flexibility index (Phi) is 4.85. The number of piperidine rings is 1. The molecule has 1 unspecified atom stereocenters. The first kappa shape index (κ1) is 15.6. The van der Waals surface area contributed by atoms with Gasteiger partial charge in [0.15, 0.2) is 0 Å². The zero-order valence-electron chi connectivity index (χ0n) is 14.1. The third-order valence-electron chi connectivity index (χ3n) is 5.27. The van der Waals surface area contributed by atoms with Crippen LogP contribution in [-0.2, 0) is 11.2 Å². The number of carbonyl (C=O) groups is 1. The average Bonchev–Trinajstić information content (AvgIpc) is 3.38. The molecule has 22 heavy (non-hydrogen) atoms. The van der Waals surface area contributed by atoms with Crippen molar-refractivity contribution in [3.63, 3.8) is 0 Å². The molecule has 1 aliphatic heterocycles. The minimum absolute atomic E-state index is 0.130. The van der Waals surface area contributed by atoms with E-state index in [1.807, 2.05) is 0 Å². The Labute approximate surface area is 134 Å². The minimum atomic E-state index is 0.130. The molecule has 1 aliphatic carbocycles. The predicted octanol–water partition coefficient (Wildman–Crippen LogP) is 4.39. The molecular formula is C20H29NO. The smallest absolute Gasteiger partial charge is 0.226 e. The van der Waals surface area contributed by atoms with Crippen LogP contribution >= 0.6 is 0 Å². The molecule has 2 nitrogen and oxygen atoms in total. The van der Waals surface area contributed by atoms with Crippen molar-refractivity contribution in [1.82, 2.24) is 4.90 Å². The highest BCUT2D eigenvalue weighted by Crippen LogP contribution is 2.40. The van der Waals surface area contributed by atoms with Gasteiger partial charge in [-0.15, -0.1) is 0 Å². The number of nitrogens with zero attached hydrogens (tertiary/aromatic N) is 1. The number of likely N-dealkylation sites (tertiary alicyclic amines) is 1. The fourth-order valence-electron chi connectivity index (χ4n) is 3.55. The highest BCUT2D eigenvalue weighted by molar-refractivity contribution is 5.79. The zero-order valence-corrected chi connectivity index (χ0v) is 14.1. The van der Waals surface area contributed by atoms with Gasteiger partial charge in [-0.3, -0.25) is 4.79 Å². The summed E-state index contributed by atoms with van der Waals surface area (Å²) in [6.45, 7) is 6.29. The summed E-state index contributed by atoms with van der Waals surface area (Å²) in [4.78, 5) is 15.0. The summed E-state index contributed by atoms with van der Waals surface area (Å²) < 4.78 is 0. The van der Waals surface area contributed by atoms with Crippen molar-refractivity contribution >= 4 is 5.91 Å². The maximum absolute atomic E-state index is 12.9. The zero-order chi connectivity index (χ0) is 15.5. The van der Waals surface area contributed by atoms with Gasteiger partial charge in [-0.2, -0.15) is 0 Å². The predicted molar refractivity (Wildman–Crippen MR) is 90.9 cm³/mol. The SMILES string of the molecule is CC(C)C(Cc1ccc(C2CC2)cc1)C(=O)N1CCCCC1. The molecule has 1 amide bonds. The Morgan fingerprint density at radius 2 is 1.73 bits per heavy atom. The number of hydrogen-bond acceptors (Lipinski definition) is 1. The molecule has 1 aromatic carbocycles. The Morgan fingerprint density at radius 3 is 2.27 bits per heavy atom. The summed E-state index contributed by atoms with van der Waals surface area (Å²) >= 11 is 0. The van der Waals surface area contributed by atoms with Crippen LogP contribution in [-0.4, -0.2) is 23.9 Å². The summed E-state index contributed by atoms with van der Waals surface area (Å²) in [6.07, 6.45) is 7.21. The molecule has 1 aromatic rings. The first-order valence-corrected chi connectivity index (χ1v) is 9.03. The van der Waals surface area contributed by atoms with E-state index < -0.39 is 0 Å². The molecule has 0 N–H and O–H groups in total. The largest absolute Gasteiger partial charge is 0.342 e. The van der Waals surface area contributed by atoms with Crippen molar-refractivity contribution in [1.29, 1.82) is 0 Å². The first-order valence-electron chi connectivity index (χ1n) is 9.03. The Morgan fingerprint density at radius 1 is 1.09 bits per heavy atom. The molecule has 1 atom stereocenters. The van der Waals surface area contributed by atoms with Gasteiger partial charge in [0.25, 0.3) is 0 Å². The van der Waals surface area contributed by atoms with Gasteiger partial charge < -0.3 is 4.90 Å². The van der Waals surface area contributed by atoms with Gasteiger partial charge in [0.2, 0.25) is 5.91 Å². The van der Waals surface area contributed by atoms with E-state index >= 15 is 0 Å². The van der Waals surface area contributed by atoms with Crippen LogP contribution in [0.1, 0.15) is 63.0 Å². The van der Waals surface area contributed by atoms with Gasteiger partial charge in [-0.1, -0.05) is 38.1 Å². The third kappa shape index (κ3) is 3.71. The average molecular weight is 299 g/mol. The number of rotatable bonds is 5. The first-order chi connectivity index (χ1) is 10.6. The Balaban J connectivity index is 1.66. The third-order valence-corrected chi connectivity index (χ3v) is 5.27. The molecule has 2 fully saturated rings. The topological polar surface area (TPSA) is 20.3 Å². The molecule has 3 rings (SSSR count). The van der Waals surface area contributed by atoms with E-state index in [-0.39, 0.29) is 5.92 Å². The van der Waals surface area contributed by atoms with Gasteiger partial charge in [0, 0.05) is 19.0 Å². The normalized spacial score (nSPS) is 20.2. The Hall–Kier alpha value is -1.31. The fraction of sp³-hybridized carbons (Fsp3) is 0.650. The van der Waals surface area contributed by atoms with E-state index in [1.54, 1.807) is 0 Å². The van der Waals surface area contributed by atoms with Crippen LogP contribution in [0.3, 0.4) is 0 Å². The second-order valence-electron chi connectivity index (χ2n) is 7.46. The van der Waals surface area contributed by atoms with Crippen LogP contribution in [0.2, 0.25) is 0 Å². The molecule has 2 heteroatoms. The standard InChI is InChI=1S/C20H29NO/c1-15(2)19(20(22)21-12-4-3-5-13-21)14-16-6-8-17(9-7-16)18-10-11-18/h6-9,15,18-19H,3-5,10-14H2,1-2H3. The summed E-state index contributed by atoms with van der Waals surface area (Å²) in [6, 6.07) is 9.03. The number of hydrogen-bond donors (Lipinski definition) is 0. The number of amides is 1. The van der Waals surface area contributed by atoms with Crippen LogP contribution in [0.25, 0.3) is 0 Å². The molecule has 2 aliphatic rings. The second kappa shape index (κ2) is 6.85. The summed E-state index contributed by atoms with van der Waals surface area (Å²) in [5.41, 5.74) is 2.79. The lowest BCUT2D eigenvalue weighted by Gasteiger charge is -2.32. The maximum atomic E-state index is 12.9. The summed E-state index contributed by atoms with van der Waals surface area (Å²) in [5.74, 6) is 1.72. The van der Waals surface area contributed by atoms with Gasteiger partial charge >= 0.3 is 0 Å². The molecular weight excluding hydrogens is 270 g/mol. The van der Waals surface area contributed by atoms with Crippen molar-refractivity contribution in [2.45, 2.75) is 58.3 Å². The van der Waals surface area contributed by atoms with Crippen molar-refractivity contribution in [3.8, 4) is 0 Å². The molecule has 0 radical (unpaired) electrons. The van der Waals surface area contributed by atoms with Gasteiger partial charge in [0.05, 0.1) is 0 Å². The monoisotopic (exact) mass is 299 g/mol. The van der Waals surface area contributed by atoms with Gasteiger partial charge in [-0.25, -0.2) is 0 Å².